The molecule has 4 nitrogen and oxygen atoms in total. The van der Waals surface area contributed by atoms with E-state index in [1.54, 1.807) is 0 Å². The van der Waals surface area contributed by atoms with Gasteiger partial charge in [-0.25, -0.2) is 0 Å². The summed E-state index contributed by atoms with van der Waals surface area (Å²) < 4.78 is 0. The number of carbonyl (C=O) groups is 1. The van der Waals surface area contributed by atoms with Crippen molar-refractivity contribution < 1.29 is 4.79 Å². The monoisotopic (exact) mass is 221 g/mol. The Labute approximate surface area is 96.2 Å². The number of anilines is 2. The minimum Gasteiger partial charge on any atom is -0.399 e. The van der Waals surface area contributed by atoms with Crippen LogP contribution in [-0.2, 0) is 4.79 Å². The molecule has 1 aromatic carbocycles. The molecule has 1 aromatic rings. The van der Waals surface area contributed by atoms with Gasteiger partial charge in [0.05, 0.1) is 6.54 Å². The average Bonchev–Trinajstić information content (AvgIpc) is 2.11. The van der Waals surface area contributed by atoms with Crippen LogP contribution in [-0.4, -0.2) is 18.5 Å². The largest absolute Gasteiger partial charge is 0.399 e. The molecule has 0 unspecified atom stereocenters. The van der Waals surface area contributed by atoms with Crippen LogP contribution in [0.1, 0.15) is 19.4 Å². The van der Waals surface area contributed by atoms with Crippen molar-refractivity contribution in [1.29, 1.82) is 0 Å². The van der Waals surface area contributed by atoms with Crippen LogP contribution in [0.3, 0.4) is 0 Å². The second-order valence-corrected chi connectivity index (χ2v) is 4.29. The van der Waals surface area contributed by atoms with E-state index in [0.717, 1.165) is 11.3 Å². The third kappa shape index (κ3) is 3.15. The Hall–Kier alpha value is -1.71. The lowest BCUT2D eigenvalue weighted by atomic mass is 10.1. The Morgan fingerprint density at radius 3 is 2.44 bits per heavy atom. The van der Waals surface area contributed by atoms with Crippen molar-refractivity contribution in [2.75, 3.05) is 17.2 Å². The first-order valence-corrected chi connectivity index (χ1v) is 5.32. The van der Waals surface area contributed by atoms with E-state index in [0.29, 0.717) is 5.69 Å². The Bertz CT molecular complexity index is 368. The fourth-order valence-corrected chi connectivity index (χ4v) is 1.70. The molecule has 0 aliphatic carbocycles. The number of aryl methyl sites for hydroxylation is 1. The molecule has 0 atom stereocenters. The van der Waals surface area contributed by atoms with Crippen LogP contribution in [0.25, 0.3) is 0 Å². The number of nitrogens with zero attached hydrogens (tertiary/aromatic N) is 1. The number of carbonyl (C=O) groups excluding carboxylic acids is 1. The second kappa shape index (κ2) is 4.88. The maximum Gasteiger partial charge on any atom is 0.236 e. The minimum atomic E-state index is -0.339. The zero-order chi connectivity index (χ0) is 12.3. The average molecular weight is 221 g/mol. The maximum absolute atomic E-state index is 11.0. The Balaban J connectivity index is 3.05. The molecule has 0 saturated heterocycles. The van der Waals surface area contributed by atoms with Crippen molar-refractivity contribution in [3.8, 4) is 0 Å². The number of nitrogens with two attached hydrogens (primary N) is 2. The van der Waals surface area contributed by atoms with Crippen LogP contribution in [0.15, 0.2) is 18.2 Å². The highest BCUT2D eigenvalue weighted by atomic mass is 16.1. The van der Waals surface area contributed by atoms with Crippen LogP contribution in [0.5, 0.6) is 0 Å². The first-order chi connectivity index (χ1) is 7.40. The van der Waals surface area contributed by atoms with Gasteiger partial charge in [-0.05, 0) is 44.5 Å². The lowest BCUT2D eigenvalue weighted by molar-refractivity contribution is -0.116. The van der Waals surface area contributed by atoms with E-state index in [1.165, 1.54) is 0 Å². The third-order valence-electron chi connectivity index (χ3n) is 2.37. The molecule has 0 aliphatic rings. The normalized spacial score (nSPS) is 10.5. The summed E-state index contributed by atoms with van der Waals surface area (Å²) in [5, 5.41) is 0. The van der Waals surface area contributed by atoms with Crippen molar-refractivity contribution in [1.82, 2.24) is 0 Å². The molecule has 4 N–H and O–H groups in total. The van der Waals surface area contributed by atoms with Gasteiger partial charge in [0.1, 0.15) is 0 Å². The molecule has 88 valence electrons. The van der Waals surface area contributed by atoms with Crippen molar-refractivity contribution in [2.45, 2.75) is 26.8 Å². The summed E-state index contributed by atoms with van der Waals surface area (Å²) >= 11 is 0. The van der Waals surface area contributed by atoms with Crippen molar-refractivity contribution >= 4 is 17.3 Å². The van der Waals surface area contributed by atoms with E-state index in [9.17, 15) is 4.79 Å². The number of hydrogen-bond acceptors (Lipinski definition) is 3. The molecule has 0 aromatic heterocycles. The van der Waals surface area contributed by atoms with Gasteiger partial charge >= 0.3 is 0 Å². The summed E-state index contributed by atoms with van der Waals surface area (Å²) in [6, 6.07) is 5.95. The Kier molecular flexibility index (Phi) is 3.77. The van der Waals surface area contributed by atoms with E-state index in [-0.39, 0.29) is 18.5 Å². The van der Waals surface area contributed by atoms with Gasteiger partial charge in [-0.3, -0.25) is 4.79 Å². The van der Waals surface area contributed by atoms with Gasteiger partial charge in [-0.1, -0.05) is 0 Å². The predicted octanol–water partition coefficient (Wildman–Crippen LogP) is 1.28. The molecular weight excluding hydrogens is 202 g/mol. The van der Waals surface area contributed by atoms with Gasteiger partial charge in [0.25, 0.3) is 0 Å². The van der Waals surface area contributed by atoms with E-state index in [4.69, 9.17) is 11.5 Å². The molecular formula is C12H19N3O. The first-order valence-electron chi connectivity index (χ1n) is 5.32. The SMILES string of the molecule is Cc1cc(N)cc(N(CC(N)=O)C(C)C)c1. The van der Waals surface area contributed by atoms with Crippen LogP contribution >= 0.6 is 0 Å². The third-order valence-corrected chi connectivity index (χ3v) is 2.37. The van der Waals surface area contributed by atoms with Gasteiger partial charge in [0.2, 0.25) is 5.91 Å². The van der Waals surface area contributed by atoms with Gasteiger partial charge in [0.15, 0.2) is 0 Å². The molecule has 0 radical (unpaired) electrons. The maximum atomic E-state index is 11.0. The number of hydrogen-bond donors (Lipinski definition) is 2. The molecule has 0 fully saturated rings. The fraction of sp³-hybridized carbons (Fsp3) is 0.417. The van der Waals surface area contributed by atoms with Crippen LogP contribution in [0.4, 0.5) is 11.4 Å². The number of rotatable bonds is 4. The Morgan fingerprint density at radius 1 is 1.38 bits per heavy atom. The number of primary amides is 1. The van der Waals surface area contributed by atoms with E-state index in [1.807, 2.05) is 43.9 Å². The molecule has 1 rings (SSSR count). The molecule has 1 amide bonds. The minimum absolute atomic E-state index is 0.202. The lowest BCUT2D eigenvalue weighted by Gasteiger charge is -2.28. The predicted molar refractivity (Wildman–Crippen MR) is 67.3 cm³/mol. The second-order valence-electron chi connectivity index (χ2n) is 4.29. The zero-order valence-electron chi connectivity index (χ0n) is 10.0. The quantitative estimate of drug-likeness (QED) is 0.752. The van der Waals surface area contributed by atoms with Gasteiger partial charge < -0.3 is 16.4 Å². The summed E-state index contributed by atoms with van der Waals surface area (Å²) in [5.41, 5.74) is 13.7. The van der Waals surface area contributed by atoms with Crippen LogP contribution in [0, 0.1) is 6.92 Å². The number of nitrogen functional groups attached to an aromatic ring is 1. The highest BCUT2D eigenvalue weighted by Crippen LogP contribution is 2.21. The van der Waals surface area contributed by atoms with Crippen LogP contribution in [0.2, 0.25) is 0 Å². The fourth-order valence-electron chi connectivity index (χ4n) is 1.70. The standard InChI is InChI=1S/C12H19N3O/c1-8(2)15(7-12(14)16)11-5-9(3)4-10(13)6-11/h4-6,8H,7,13H2,1-3H3,(H2,14,16). The first kappa shape index (κ1) is 12.4. The molecule has 0 spiro atoms. The zero-order valence-corrected chi connectivity index (χ0v) is 10.0. The van der Waals surface area contributed by atoms with E-state index in [2.05, 4.69) is 0 Å². The van der Waals surface area contributed by atoms with E-state index >= 15 is 0 Å². The van der Waals surface area contributed by atoms with Gasteiger partial charge in [-0.2, -0.15) is 0 Å². The highest BCUT2D eigenvalue weighted by Gasteiger charge is 2.13. The van der Waals surface area contributed by atoms with Crippen molar-refractivity contribution in [2.24, 2.45) is 5.73 Å². The summed E-state index contributed by atoms with van der Waals surface area (Å²) in [4.78, 5) is 12.9. The van der Waals surface area contributed by atoms with Crippen molar-refractivity contribution in [3.63, 3.8) is 0 Å². The topological polar surface area (TPSA) is 72.3 Å². The summed E-state index contributed by atoms with van der Waals surface area (Å²) in [6.07, 6.45) is 0. The molecule has 16 heavy (non-hydrogen) atoms. The van der Waals surface area contributed by atoms with Gasteiger partial charge in [0, 0.05) is 17.4 Å². The number of benzene rings is 1. The molecule has 4 heteroatoms. The van der Waals surface area contributed by atoms with Crippen molar-refractivity contribution in [3.05, 3.63) is 23.8 Å². The van der Waals surface area contributed by atoms with Gasteiger partial charge in [-0.15, -0.1) is 0 Å². The molecule has 0 aliphatic heterocycles. The molecule has 0 saturated carbocycles. The van der Waals surface area contributed by atoms with Crippen LogP contribution < -0.4 is 16.4 Å². The smallest absolute Gasteiger partial charge is 0.236 e. The summed E-state index contributed by atoms with van der Waals surface area (Å²) in [6.45, 7) is 6.21. The summed E-state index contributed by atoms with van der Waals surface area (Å²) in [7, 11) is 0. The van der Waals surface area contributed by atoms with E-state index < -0.39 is 0 Å². The highest BCUT2D eigenvalue weighted by molar-refractivity contribution is 5.80. The molecule has 0 bridgehead atoms. The molecule has 0 heterocycles. The summed E-state index contributed by atoms with van der Waals surface area (Å²) in [5.74, 6) is -0.339. The number of amides is 1. The lowest BCUT2D eigenvalue weighted by Crippen LogP contribution is -2.38. The Morgan fingerprint density at radius 2 is 2.00 bits per heavy atom.